The minimum absolute atomic E-state index is 0.0201. The first-order valence-electron chi connectivity index (χ1n) is 6.85. The second-order valence-electron chi connectivity index (χ2n) is 4.66. The third kappa shape index (κ3) is 5.23. The van der Waals surface area contributed by atoms with Crippen molar-refractivity contribution < 1.29 is 9.72 Å². The van der Waals surface area contributed by atoms with E-state index >= 15 is 0 Å². The molecule has 0 aliphatic carbocycles. The molecule has 2 aromatic carbocycles. The van der Waals surface area contributed by atoms with E-state index in [0.29, 0.717) is 5.56 Å². The van der Waals surface area contributed by atoms with Gasteiger partial charge in [-0.2, -0.15) is 5.10 Å². The van der Waals surface area contributed by atoms with Crippen LogP contribution in [-0.4, -0.2) is 22.3 Å². The molecule has 0 saturated heterocycles. The first kappa shape index (κ1) is 16.7. The SMILES string of the molecule is C[C@H](Sc1ccccc1)C(=O)N/N=C\c1cccc([N+](=O)[O-])c1. The summed E-state index contributed by atoms with van der Waals surface area (Å²) in [5.41, 5.74) is 2.96. The Morgan fingerprint density at radius 2 is 2.00 bits per heavy atom. The number of nitro benzene ring substituents is 1. The number of non-ortho nitro benzene ring substituents is 1. The molecule has 118 valence electrons. The molecule has 2 aromatic rings. The molecule has 0 radical (unpaired) electrons. The number of hydrazone groups is 1. The maximum Gasteiger partial charge on any atom is 0.270 e. The summed E-state index contributed by atoms with van der Waals surface area (Å²) in [6.45, 7) is 1.79. The van der Waals surface area contributed by atoms with Gasteiger partial charge in [-0.1, -0.05) is 30.3 Å². The number of hydrogen-bond donors (Lipinski definition) is 1. The van der Waals surface area contributed by atoms with Gasteiger partial charge in [0.15, 0.2) is 0 Å². The summed E-state index contributed by atoms with van der Waals surface area (Å²) in [5, 5.41) is 14.2. The van der Waals surface area contributed by atoms with E-state index in [4.69, 9.17) is 0 Å². The molecule has 0 unspecified atom stereocenters. The highest BCUT2D eigenvalue weighted by Crippen LogP contribution is 2.22. The monoisotopic (exact) mass is 329 g/mol. The zero-order valence-corrected chi connectivity index (χ0v) is 13.2. The summed E-state index contributed by atoms with van der Waals surface area (Å²) in [6.07, 6.45) is 1.38. The lowest BCUT2D eigenvalue weighted by Crippen LogP contribution is -2.26. The van der Waals surface area contributed by atoms with Crippen LogP contribution in [0.1, 0.15) is 12.5 Å². The number of hydrogen-bond acceptors (Lipinski definition) is 5. The Morgan fingerprint density at radius 3 is 2.70 bits per heavy atom. The van der Waals surface area contributed by atoms with Gasteiger partial charge in [0, 0.05) is 22.6 Å². The molecular formula is C16H15N3O3S. The summed E-state index contributed by atoms with van der Waals surface area (Å²) in [6, 6.07) is 15.6. The van der Waals surface area contributed by atoms with Crippen molar-refractivity contribution in [2.45, 2.75) is 17.1 Å². The lowest BCUT2D eigenvalue weighted by atomic mass is 10.2. The second-order valence-corrected chi connectivity index (χ2v) is 6.07. The average molecular weight is 329 g/mol. The maximum atomic E-state index is 12.0. The van der Waals surface area contributed by atoms with Crippen LogP contribution < -0.4 is 5.43 Å². The molecule has 1 N–H and O–H groups in total. The Morgan fingerprint density at radius 1 is 1.26 bits per heavy atom. The molecule has 0 spiro atoms. The number of carbonyl (C=O) groups is 1. The lowest BCUT2D eigenvalue weighted by Gasteiger charge is -2.08. The molecule has 1 amide bonds. The van der Waals surface area contributed by atoms with Gasteiger partial charge in [0.1, 0.15) is 0 Å². The third-order valence-electron chi connectivity index (χ3n) is 2.89. The van der Waals surface area contributed by atoms with Crippen LogP contribution in [0.5, 0.6) is 0 Å². The lowest BCUT2D eigenvalue weighted by molar-refractivity contribution is -0.384. The number of amides is 1. The highest BCUT2D eigenvalue weighted by atomic mass is 32.2. The van der Waals surface area contributed by atoms with Crippen molar-refractivity contribution in [2.75, 3.05) is 0 Å². The Hall–Kier alpha value is -2.67. The van der Waals surface area contributed by atoms with E-state index in [0.717, 1.165) is 4.90 Å². The zero-order chi connectivity index (χ0) is 16.7. The van der Waals surface area contributed by atoms with Gasteiger partial charge in [-0.25, -0.2) is 5.43 Å². The number of thioether (sulfide) groups is 1. The average Bonchev–Trinajstić information content (AvgIpc) is 2.56. The summed E-state index contributed by atoms with van der Waals surface area (Å²) in [4.78, 5) is 23.2. The van der Waals surface area contributed by atoms with Crippen molar-refractivity contribution in [2.24, 2.45) is 5.10 Å². The fraction of sp³-hybridized carbons (Fsp3) is 0.125. The minimum atomic E-state index is -0.478. The molecule has 0 aliphatic heterocycles. The van der Waals surface area contributed by atoms with Crippen LogP contribution in [0.2, 0.25) is 0 Å². The zero-order valence-electron chi connectivity index (χ0n) is 12.4. The van der Waals surface area contributed by atoms with Crippen LogP contribution >= 0.6 is 11.8 Å². The van der Waals surface area contributed by atoms with E-state index < -0.39 is 4.92 Å². The molecule has 1 atom stereocenters. The quantitative estimate of drug-likeness (QED) is 0.382. The van der Waals surface area contributed by atoms with Gasteiger partial charge < -0.3 is 0 Å². The summed E-state index contributed by atoms with van der Waals surface area (Å²) in [5.74, 6) is -0.236. The largest absolute Gasteiger partial charge is 0.272 e. The molecule has 0 aliphatic rings. The molecule has 23 heavy (non-hydrogen) atoms. The number of nitro groups is 1. The molecule has 2 rings (SSSR count). The number of carbonyl (C=O) groups excluding carboxylic acids is 1. The van der Waals surface area contributed by atoms with E-state index in [1.807, 2.05) is 30.3 Å². The molecule has 7 heteroatoms. The van der Waals surface area contributed by atoms with Crippen LogP contribution in [0.3, 0.4) is 0 Å². The smallest absolute Gasteiger partial charge is 0.270 e. The number of benzene rings is 2. The predicted molar refractivity (Wildman–Crippen MR) is 90.6 cm³/mol. The van der Waals surface area contributed by atoms with Gasteiger partial charge in [-0.05, 0) is 19.1 Å². The van der Waals surface area contributed by atoms with Gasteiger partial charge >= 0.3 is 0 Å². The molecule has 0 aromatic heterocycles. The van der Waals surface area contributed by atoms with Crippen molar-refractivity contribution in [3.8, 4) is 0 Å². The van der Waals surface area contributed by atoms with Gasteiger partial charge in [0.05, 0.1) is 16.4 Å². The van der Waals surface area contributed by atoms with E-state index in [1.165, 1.54) is 30.1 Å². The van der Waals surface area contributed by atoms with Gasteiger partial charge in [-0.3, -0.25) is 14.9 Å². The Labute approximate surface area is 137 Å². The number of nitrogens with one attached hydrogen (secondary N) is 1. The fourth-order valence-electron chi connectivity index (χ4n) is 1.74. The highest BCUT2D eigenvalue weighted by molar-refractivity contribution is 8.00. The number of nitrogens with zero attached hydrogens (tertiary/aromatic N) is 2. The van der Waals surface area contributed by atoms with Crippen molar-refractivity contribution in [3.63, 3.8) is 0 Å². The molecule has 0 bridgehead atoms. The number of rotatable bonds is 6. The molecular weight excluding hydrogens is 314 g/mol. The maximum absolute atomic E-state index is 12.0. The molecule has 6 nitrogen and oxygen atoms in total. The molecule has 0 heterocycles. The predicted octanol–water partition coefficient (Wildman–Crippen LogP) is 3.23. The first-order valence-corrected chi connectivity index (χ1v) is 7.73. The van der Waals surface area contributed by atoms with Crippen molar-refractivity contribution in [1.29, 1.82) is 0 Å². The Balaban J connectivity index is 1.90. The second kappa shape index (κ2) is 8.09. The Kier molecular flexibility index (Phi) is 5.87. The van der Waals surface area contributed by atoms with Gasteiger partial charge in [0.2, 0.25) is 0 Å². The molecule has 0 saturated carbocycles. The van der Waals surface area contributed by atoms with Gasteiger partial charge in [-0.15, -0.1) is 11.8 Å². The summed E-state index contributed by atoms with van der Waals surface area (Å²) < 4.78 is 0. The normalized spacial score (nSPS) is 12.0. The van der Waals surface area contributed by atoms with Crippen LogP contribution in [0.4, 0.5) is 5.69 Å². The topological polar surface area (TPSA) is 84.6 Å². The van der Waals surface area contributed by atoms with Crippen molar-refractivity contribution >= 4 is 29.6 Å². The van der Waals surface area contributed by atoms with Crippen LogP contribution in [0.25, 0.3) is 0 Å². The van der Waals surface area contributed by atoms with Crippen LogP contribution in [0.15, 0.2) is 64.6 Å². The minimum Gasteiger partial charge on any atom is -0.272 e. The van der Waals surface area contributed by atoms with Crippen LogP contribution in [0, 0.1) is 10.1 Å². The Bertz CT molecular complexity index is 720. The van der Waals surface area contributed by atoms with E-state index in [1.54, 1.807) is 19.1 Å². The van der Waals surface area contributed by atoms with E-state index in [2.05, 4.69) is 10.5 Å². The first-order chi connectivity index (χ1) is 11.1. The standard InChI is InChI=1S/C16H15N3O3S/c1-12(23-15-8-3-2-4-9-15)16(20)18-17-11-13-6-5-7-14(10-13)19(21)22/h2-12H,1H3,(H,18,20)/b17-11-/t12-/m0/s1. The van der Waals surface area contributed by atoms with Crippen LogP contribution in [-0.2, 0) is 4.79 Å². The van der Waals surface area contributed by atoms with E-state index in [-0.39, 0.29) is 16.8 Å². The third-order valence-corrected chi connectivity index (χ3v) is 4.01. The summed E-state index contributed by atoms with van der Waals surface area (Å²) in [7, 11) is 0. The van der Waals surface area contributed by atoms with Crippen molar-refractivity contribution in [1.82, 2.24) is 5.43 Å². The van der Waals surface area contributed by atoms with Gasteiger partial charge in [0.25, 0.3) is 11.6 Å². The van der Waals surface area contributed by atoms with E-state index in [9.17, 15) is 14.9 Å². The molecule has 0 fully saturated rings. The fourth-order valence-corrected chi connectivity index (χ4v) is 2.62. The van der Waals surface area contributed by atoms with Crippen molar-refractivity contribution in [3.05, 3.63) is 70.3 Å². The highest BCUT2D eigenvalue weighted by Gasteiger charge is 2.13. The summed E-state index contributed by atoms with van der Waals surface area (Å²) >= 11 is 1.43.